The molecule has 0 saturated carbocycles. The van der Waals surface area contributed by atoms with Crippen LogP contribution in [0.4, 0.5) is 4.39 Å². The van der Waals surface area contributed by atoms with Gasteiger partial charge in [0, 0.05) is 12.6 Å². The van der Waals surface area contributed by atoms with Crippen LogP contribution >= 0.6 is 0 Å². The molecule has 2 heterocycles. The average Bonchev–Trinajstić information content (AvgIpc) is 3.20. The number of aromatic nitrogens is 2. The Kier molecular flexibility index (Phi) is 7.23. The van der Waals surface area contributed by atoms with Crippen LogP contribution in [0.3, 0.4) is 0 Å². The van der Waals surface area contributed by atoms with E-state index in [4.69, 9.17) is 9.16 Å². The first-order chi connectivity index (χ1) is 16.7. The van der Waals surface area contributed by atoms with Gasteiger partial charge in [0.1, 0.15) is 18.5 Å². The maximum absolute atomic E-state index is 15.2. The Morgan fingerprint density at radius 3 is 2.17 bits per heavy atom. The normalized spacial score (nSPS) is 20.8. The Labute approximate surface area is 204 Å². The SMILES string of the molecule is CC(C)(C)[Si](OC[C@H]1O[C@@H](n2cc(CO)c(=O)[nH]c2=O)C[C@@H]1F)(c1ccccc1)c1ccccc1. The minimum Gasteiger partial charge on any atom is -0.405 e. The summed E-state index contributed by atoms with van der Waals surface area (Å²) in [6, 6.07) is 20.1. The molecule has 2 N–H and O–H groups in total. The molecule has 1 fully saturated rings. The first kappa shape index (κ1) is 25.2. The number of rotatable bonds is 7. The maximum Gasteiger partial charge on any atom is 0.330 e. The second-order valence-electron chi connectivity index (χ2n) is 9.83. The van der Waals surface area contributed by atoms with E-state index in [1.165, 1.54) is 6.20 Å². The number of halogens is 1. The van der Waals surface area contributed by atoms with Crippen molar-refractivity contribution in [2.24, 2.45) is 0 Å². The van der Waals surface area contributed by atoms with Crippen LogP contribution in [0.2, 0.25) is 5.04 Å². The van der Waals surface area contributed by atoms with Crippen LogP contribution in [0.1, 0.15) is 39.0 Å². The number of ether oxygens (including phenoxy) is 1. The Morgan fingerprint density at radius 1 is 1.09 bits per heavy atom. The molecule has 4 rings (SSSR count). The van der Waals surface area contributed by atoms with E-state index in [0.29, 0.717) is 0 Å². The van der Waals surface area contributed by atoms with Crippen LogP contribution in [-0.4, -0.2) is 41.9 Å². The molecule has 1 aliphatic heterocycles. The van der Waals surface area contributed by atoms with Crippen LogP contribution in [-0.2, 0) is 15.8 Å². The average molecular weight is 499 g/mol. The summed E-state index contributed by atoms with van der Waals surface area (Å²) in [5.74, 6) is 0. The molecule has 0 unspecified atom stereocenters. The van der Waals surface area contributed by atoms with E-state index >= 15 is 4.39 Å². The molecule has 35 heavy (non-hydrogen) atoms. The van der Waals surface area contributed by atoms with Crippen LogP contribution in [0.15, 0.2) is 76.4 Å². The molecule has 1 aromatic heterocycles. The molecule has 9 heteroatoms. The molecule has 7 nitrogen and oxygen atoms in total. The molecule has 3 atom stereocenters. The number of aromatic amines is 1. The lowest BCUT2D eigenvalue weighted by atomic mass is 10.2. The Bertz CT molecular complexity index is 1220. The number of hydrogen-bond donors (Lipinski definition) is 2. The predicted molar refractivity (Wildman–Crippen MR) is 134 cm³/mol. The number of nitrogens with one attached hydrogen (secondary N) is 1. The Morgan fingerprint density at radius 2 is 1.66 bits per heavy atom. The van der Waals surface area contributed by atoms with Gasteiger partial charge < -0.3 is 14.3 Å². The first-order valence-corrected chi connectivity index (χ1v) is 13.6. The van der Waals surface area contributed by atoms with E-state index in [-0.39, 0.29) is 23.6 Å². The summed E-state index contributed by atoms with van der Waals surface area (Å²) in [5.41, 5.74) is -1.37. The van der Waals surface area contributed by atoms with Crippen LogP contribution in [0.5, 0.6) is 0 Å². The third-order valence-electron chi connectivity index (χ3n) is 6.57. The third kappa shape index (κ3) is 4.81. The molecule has 0 spiro atoms. The minimum atomic E-state index is -2.88. The number of alkyl halides is 1. The summed E-state index contributed by atoms with van der Waals surface area (Å²) in [6.45, 7) is 5.89. The van der Waals surface area contributed by atoms with E-state index in [1.807, 2.05) is 36.4 Å². The van der Waals surface area contributed by atoms with Gasteiger partial charge >= 0.3 is 5.69 Å². The smallest absolute Gasteiger partial charge is 0.330 e. The quantitative estimate of drug-likeness (QED) is 0.488. The van der Waals surface area contributed by atoms with Crippen molar-refractivity contribution in [3.05, 3.63) is 93.3 Å². The van der Waals surface area contributed by atoms with Crippen LogP contribution < -0.4 is 21.6 Å². The molecule has 0 aliphatic carbocycles. The van der Waals surface area contributed by atoms with Gasteiger partial charge in [0.25, 0.3) is 13.9 Å². The highest BCUT2D eigenvalue weighted by atomic mass is 28.4. The minimum absolute atomic E-state index is 0.00983. The van der Waals surface area contributed by atoms with Gasteiger partial charge in [0.15, 0.2) is 0 Å². The fourth-order valence-electron chi connectivity index (χ4n) is 4.83. The summed E-state index contributed by atoms with van der Waals surface area (Å²) in [6.07, 6.45) is -2.00. The third-order valence-corrected chi connectivity index (χ3v) is 11.6. The highest BCUT2D eigenvalue weighted by Gasteiger charge is 2.51. The van der Waals surface area contributed by atoms with Crippen molar-refractivity contribution in [3.8, 4) is 0 Å². The van der Waals surface area contributed by atoms with Crippen molar-refractivity contribution in [2.45, 2.75) is 57.3 Å². The van der Waals surface area contributed by atoms with E-state index in [1.54, 1.807) is 0 Å². The zero-order chi connectivity index (χ0) is 25.2. The highest BCUT2D eigenvalue weighted by molar-refractivity contribution is 6.99. The number of aliphatic hydroxyl groups excluding tert-OH is 1. The van der Waals surface area contributed by atoms with E-state index in [2.05, 4.69) is 50.0 Å². The number of aliphatic hydroxyl groups is 1. The lowest BCUT2D eigenvalue weighted by molar-refractivity contribution is -0.0325. The fourth-order valence-corrected chi connectivity index (χ4v) is 9.40. The van der Waals surface area contributed by atoms with Crippen molar-refractivity contribution in [3.63, 3.8) is 0 Å². The van der Waals surface area contributed by atoms with Crippen molar-refractivity contribution in [1.29, 1.82) is 0 Å². The van der Waals surface area contributed by atoms with E-state index in [9.17, 15) is 14.7 Å². The van der Waals surface area contributed by atoms with Crippen LogP contribution in [0.25, 0.3) is 0 Å². The lowest BCUT2D eigenvalue weighted by Gasteiger charge is -2.43. The first-order valence-electron chi connectivity index (χ1n) is 11.7. The zero-order valence-electron chi connectivity index (χ0n) is 20.1. The van der Waals surface area contributed by atoms with Gasteiger partial charge in [0.2, 0.25) is 0 Å². The summed E-state index contributed by atoms with van der Waals surface area (Å²) >= 11 is 0. The van der Waals surface area contributed by atoms with Gasteiger partial charge in [-0.25, -0.2) is 9.18 Å². The van der Waals surface area contributed by atoms with Crippen LogP contribution in [0, 0.1) is 0 Å². The van der Waals surface area contributed by atoms with Gasteiger partial charge in [-0.2, -0.15) is 0 Å². The molecule has 0 amide bonds. The highest BCUT2D eigenvalue weighted by Crippen LogP contribution is 2.38. The second kappa shape index (κ2) is 10.0. The Hall–Kier alpha value is -2.85. The number of nitrogens with zero attached hydrogens (tertiary/aromatic N) is 1. The Balaban J connectivity index is 1.65. The lowest BCUT2D eigenvalue weighted by Crippen LogP contribution is -2.67. The predicted octanol–water partition coefficient (Wildman–Crippen LogP) is 2.23. The van der Waals surface area contributed by atoms with Gasteiger partial charge in [0.05, 0.1) is 18.8 Å². The van der Waals surface area contributed by atoms with Gasteiger partial charge in [-0.3, -0.25) is 14.3 Å². The molecule has 1 aliphatic rings. The standard InChI is InChI=1S/C26H31FN2O5Si/c1-26(2,3)35(19-10-6-4-7-11-19,20-12-8-5-9-13-20)33-17-22-21(27)14-23(34-22)29-15-18(16-30)24(31)28-25(29)32/h4-13,15,21-23,30H,14,16-17H2,1-3H3,(H,28,31,32)/t21-,22+,23+/m0/s1. The fraction of sp³-hybridized carbons (Fsp3) is 0.385. The molecule has 2 aromatic carbocycles. The van der Waals surface area contributed by atoms with Crippen molar-refractivity contribution < 1.29 is 18.7 Å². The van der Waals surface area contributed by atoms with Gasteiger partial charge in [-0.1, -0.05) is 81.4 Å². The summed E-state index contributed by atoms with van der Waals surface area (Å²) < 4.78 is 29.0. The number of H-pyrrole nitrogens is 1. The van der Waals surface area contributed by atoms with Crippen molar-refractivity contribution in [1.82, 2.24) is 9.55 Å². The van der Waals surface area contributed by atoms with E-state index in [0.717, 1.165) is 14.9 Å². The summed E-state index contributed by atoms with van der Waals surface area (Å²) in [7, 11) is -2.88. The number of benzene rings is 2. The zero-order valence-corrected chi connectivity index (χ0v) is 21.1. The molecule has 0 bridgehead atoms. The molecule has 3 aromatic rings. The number of hydrogen-bond acceptors (Lipinski definition) is 5. The molecular formula is C26H31FN2O5Si. The summed E-state index contributed by atoms with van der Waals surface area (Å²) in [4.78, 5) is 26.3. The van der Waals surface area contributed by atoms with Gasteiger partial charge in [-0.15, -0.1) is 0 Å². The largest absolute Gasteiger partial charge is 0.405 e. The van der Waals surface area contributed by atoms with Gasteiger partial charge in [-0.05, 0) is 15.4 Å². The molecule has 186 valence electrons. The molecule has 1 saturated heterocycles. The second-order valence-corrected chi connectivity index (χ2v) is 14.1. The molecular weight excluding hydrogens is 467 g/mol. The van der Waals surface area contributed by atoms with Crippen molar-refractivity contribution >= 4 is 18.7 Å². The maximum atomic E-state index is 15.2. The molecule has 0 radical (unpaired) electrons. The monoisotopic (exact) mass is 498 g/mol. The van der Waals surface area contributed by atoms with Crippen molar-refractivity contribution in [2.75, 3.05) is 6.61 Å². The van der Waals surface area contributed by atoms with E-state index < -0.39 is 44.7 Å². The summed E-state index contributed by atoms with van der Waals surface area (Å²) in [5, 5.41) is 11.3. The topological polar surface area (TPSA) is 93.6 Å².